The topological polar surface area (TPSA) is 67.9 Å². The minimum atomic E-state index is -0.180. The Bertz CT molecular complexity index is 1300. The number of anilines is 1. The SMILES string of the molecule is COc1ccc(CCNC(=O)c2ccc3c(c2)N(C)C(=O)/C(=C/c2ccccc2C)S3)cc1OC. The van der Waals surface area contributed by atoms with Gasteiger partial charge in [-0.25, -0.2) is 0 Å². The van der Waals surface area contributed by atoms with E-state index < -0.39 is 0 Å². The van der Waals surface area contributed by atoms with Gasteiger partial charge in [0.15, 0.2) is 11.5 Å². The lowest BCUT2D eigenvalue weighted by molar-refractivity contribution is -0.114. The first-order valence-corrected chi connectivity index (χ1v) is 12.1. The molecular formula is C28H28N2O4S. The van der Waals surface area contributed by atoms with E-state index >= 15 is 0 Å². The third kappa shape index (κ3) is 5.35. The number of carbonyl (C=O) groups excluding carboxylic acids is 2. The molecule has 0 aliphatic carbocycles. The quantitative estimate of drug-likeness (QED) is 0.469. The molecule has 0 spiro atoms. The highest BCUT2D eigenvalue weighted by molar-refractivity contribution is 8.04. The van der Waals surface area contributed by atoms with E-state index in [1.807, 2.05) is 61.5 Å². The predicted octanol–water partition coefficient (Wildman–Crippen LogP) is 5.09. The molecule has 0 saturated heterocycles. The van der Waals surface area contributed by atoms with Gasteiger partial charge in [-0.15, -0.1) is 0 Å². The van der Waals surface area contributed by atoms with Crippen LogP contribution in [0.3, 0.4) is 0 Å². The Morgan fingerprint density at radius 1 is 1.03 bits per heavy atom. The van der Waals surface area contributed by atoms with Crippen molar-refractivity contribution in [1.82, 2.24) is 5.32 Å². The molecule has 0 radical (unpaired) electrons. The fourth-order valence-corrected chi connectivity index (χ4v) is 4.97. The van der Waals surface area contributed by atoms with E-state index in [1.54, 1.807) is 38.3 Å². The monoisotopic (exact) mass is 488 g/mol. The molecule has 3 aromatic carbocycles. The first kappa shape index (κ1) is 24.4. The summed E-state index contributed by atoms with van der Waals surface area (Å²) < 4.78 is 10.6. The first-order chi connectivity index (χ1) is 16.9. The highest BCUT2D eigenvalue weighted by atomic mass is 32.2. The van der Waals surface area contributed by atoms with Gasteiger partial charge in [0, 0.05) is 24.1 Å². The predicted molar refractivity (Wildman–Crippen MR) is 140 cm³/mol. The molecular weight excluding hydrogens is 460 g/mol. The van der Waals surface area contributed by atoms with Gasteiger partial charge in [-0.1, -0.05) is 42.1 Å². The second-order valence-corrected chi connectivity index (χ2v) is 9.29. The van der Waals surface area contributed by atoms with E-state index in [4.69, 9.17) is 9.47 Å². The highest BCUT2D eigenvalue weighted by Gasteiger charge is 2.27. The third-order valence-electron chi connectivity index (χ3n) is 5.94. The van der Waals surface area contributed by atoms with Gasteiger partial charge < -0.3 is 19.7 Å². The van der Waals surface area contributed by atoms with Crippen molar-refractivity contribution >= 4 is 35.3 Å². The van der Waals surface area contributed by atoms with Crippen molar-refractivity contribution in [1.29, 1.82) is 0 Å². The summed E-state index contributed by atoms with van der Waals surface area (Å²) in [7, 11) is 4.94. The number of methoxy groups -OCH3 is 2. The molecule has 35 heavy (non-hydrogen) atoms. The molecule has 0 saturated carbocycles. The molecule has 0 unspecified atom stereocenters. The maximum absolute atomic E-state index is 13.0. The number of carbonyl (C=O) groups is 2. The smallest absolute Gasteiger partial charge is 0.264 e. The van der Waals surface area contributed by atoms with Crippen LogP contribution in [0.2, 0.25) is 0 Å². The maximum atomic E-state index is 13.0. The second kappa shape index (κ2) is 10.7. The maximum Gasteiger partial charge on any atom is 0.264 e. The Kier molecular flexibility index (Phi) is 7.46. The highest BCUT2D eigenvalue weighted by Crippen LogP contribution is 2.42. The van der Waals surface area contributed by atoms with Crippen LogP contribution in [-0.2, 0) is 11.2 Å². The Balaban J connectivity index is 1.45. The summed E-state index contributed by atoms with van der Waals surface area (Å²) in [5.74, 6) is 1.06. The lowest BCUT2D eigenvalue weighted by Crippen LogP contribution is -2.31. The molecule has 2 amide bonds. The Morgan fingerprint density at radius 2 is 1.80 bits per heavy atom. The van der Waals surface area contributed by atoms with Crippen molar-refractivity contribution in [3.05, 3.63) is 87.8 Å². The summed E-state index contributed by atoms with van der Waals surface area (Å²) in [6, 6.07) is 19.2. The number of nitrogens with zero attached hydrogens (tertiary/aromatic N) is 1. The minimum absolute atomic E-state index is 0.0863. The Morgan fingerprint density at radius 3 is 2.54 bits per heavy atom. The number of fused-ring (bicyclic) bond motifs is 1. The zero-order valence-corrected chi connectivity index (χ0v) is 21.1. The van der Waals surface area contributed by atoms with Gasteiger partial charge in [0.25, 0.3) is 11.8 Å². The number of rotatable bonds is 7. The fourth-order valence-electron chi connectivity index (χ4n) is 3.88. The molecule has 6 nitrogen and oxygen atoms in total. The second-order valence-electron chi connectivity index (χ2n) is 8.21. The molecule has 1 heterocycles. The zero-order chi connectivity index (χ0) is 24.9. The summed E-state index contributed by atoms with van der Waals surface area (Å²) in [5, 5.41) is 2.96. The largest absolute Gasteiger partial charge is 0.493 e. The van der Waals surface area contributed by atoms with E-state index in [-0.39, 0.29) is 11.8 Å². The van der Waals surface area contributed by atoms with E-state index in [0.29, 0.717) is 34.9 Å². The number of aryl methyl sites for hydroxylation is 1. The van der Waals surface area contributed by atoms with E-state index in [1.165, 1.54) is 11.8 Å². The zero-order valence-electron chi connectivity index (χ0n) is 20.3. The lowest BCUT2D eigenvalue weighted by Gasteiger charge is -2.27. The van der Waals surface area contributed by atoms with E-state index in [0.717, 1.165) is 27.3 Å². The van der Waals surface area contributed by atoms with Crippen LogP contribution in [0.4, 0.5) is 5.69 Å². The van der Waals surface area contributed by atoms with Crippen molar-refractivity contribution in [2.45, 2.75) is 18.2 Å². The average molecular weight is 489 g/mol. The fraction of sp³-hybridized carbons (Fsp3) is 0.214. The van der Waals surface area contributed by atoms with Crippen LogP contribution in [0.5, 0.6) is 11.5 Å². The number of benzene rings is 3. The van der Waals surface area contributed by atoms with Crippen molar-refractivity contribution in [3.8, 4) is 11.5 Å². The molecule has 0 aromatic heterocycles. The molecule has 7 heteroatoms. The number of hydrogen-bond acceptors (Lipinski definition) is 5. The van der Waals surface area contributed by atoms with Crippen LogP contribution in [0.15, 0.2) is 70.5 Å². The number of amides is 2. The lowest BCUT2D eigenvalue weighted by atomic mass is 10.1. The average Bonchev–Trinajstić information content (AvgIpc) is 2.88. The molecule has 1 aliphatic rings. The molecule has 1 N–H and O–H groups in total. The summed E-state index contributed by atoms with van der Waals surface area (Å²) in [5.41, 5.74) is 4.41. The van der Waals surface area contributed by atoms with Gasteiger partial charge in [-0.05, 0) is 66.4 Å². The van der Waals surface area contributed by atoms with Crippen LogP contribution in [-0.4, -0.2) is 39.6 Å². The van der Waals surface area contributed by atoms with Crippen LogP contribution in [0.25, 0.3) is 6.08 Å². The van der Waals surface area contributed by atoms with E-state index in [2.05, 4.69) is 5.32 Å². The molecule has 1 aliphatic heterocycles. The first-order valence-electron chi connectivity index (χ1n) is 11.3. The molecule has 3 aromatic rings. The van der Waals surface area contributed by atoms with Crippen molar-refractivity contribution in [2.75, 3.05) is 32.7 Å². The van der Waals surface area contributed by atoms with Crippen molar-refractivity contribution < 1.29 is 19.1 Å². The van der Waals surface area contributed by atoms with Gasteiger partial charge in [0.2, 0.25) is 0 Å². The molecule has 180 valence electrons. The Hall–Kier alpha value is -3.71. The van der Waals surface area contributed by atoms with Gasteiger partial charge in [0.05, 0.1) is 24.8 Å². The summed E-state index contributed by atoms with van der Waals surface area (Å²) >= 11 is 1.43. The number of thioether (sulfide) groups is 1. The Labute approximate surface area is 209 Å². The van der Waals surface area contributed by atoms with Crippen LogP contribution < -0.4 is 19.7 Å². The van der Waals surface area contributed by atoms with Crippen LogP contribution in [0.1, 0.15) is 27.0 Å². The molecule has 0 atom stereocenters. The van der Waals surface area contributed by atoms with Gasteiger partial charge in [-0.3, -0.25) is 9.59 Å². The normalized spacial score (nSPS) is 14.0. The standard InChI is InChI=1S/C28H28N2O4S/c1-18-7-5-6-8-20(18)17-26-28(32)30(2)22-16-21(10-12-25(22)35-26)27(31)29-14-13-19-9-11-23(33-3)24(15-19)34-4/h5-12,15-17H,13-14H2,1-4H3,(H,29,31)/b26-17-. The number of likely N-dealkylation sites (N-methyl/N-ethyl adjacent to an activating group) is 1. The number of ether oxygens (including phenoxy) is 2. The summed E-state index contributed by atoms with van der Waals surface area (Å²) in [6.07, 6.45) is 2.58. The van der Waals surface area contributed by atoms with Crippen LogP contribution >= 0.6 is 11.8 Å². The van der Waals surface area contributed by atoms with Gasteiger partial charge >= 0.3 is 0 Å². The van der Waals surface area contributed by atoms with Gasteiger partial charge in [-0.2, -0.15) is 0 Å². The molecule has 0 fully saturated rings. The van der Waals surface area contributed by atoms with Crippen LogP contribution in [0, 0.1) is 6.92 Å². The third-order valence-corrected chi connectivity index (χ3v) is 7.02. The minimum Gasteiger partial charge on any atom is -0.493 e. The number of nitrogens with one attached hydrogen (secondary N) is 1. The molecule has 0 bridgehead atoms. The summed E-state index contributed by atoms with van der Waals surface area (Å²) in [6.45, 7) is 2.50. The number of hydrogen-bond donors (Lipinski definition) is 1. The summed E-state index contributed by atoms with van der Waals surface area (Å²) in [4.78, 5) is 29.0. The molecule has 4 rings (SSSR count). The van der Waals surface area contributed by atoms with Crippen molar-refractivity contribution in [3.63, 3.8) is 0 Å². The van der Waals surface area contributed by atoms with Crippen molar-refractivity contribution in [2.24, 2.45) is 0 Å². The van der Waals surface area contributed by atoms with E-state index in [9.17, 15) is 9.59 Å². The van der Waals surface area contributed by atoms with Gasteiger partial charge in [0.1, 0.15) is 0 Å².